The van der Waals surface area contributed by atoms with E-state index in [1.165, 1.54) is 28.6 Å². The Bertz CT molecular complexity index is 637. The van der Waals surface area contributed by atoms with Gasteiger partial charge in [0.2, 0.25) is 10.0 Å². The molecule has 0 aromatic heterocycles. The van der Waals surface area contributed by atoms with Crippen molar-refractivity contribution in [3.05, 3.63) is 24.3 Å². The SMILES string of the molecule is O=S(=O)(c1ccc(OCC(F)F)cc1)N1CCC2CCC(C1)N2. The van der Waals surface area contributed by atoms with E-state index in [4.69, 9.17) is 4.74 Å². The van der Waals surface area contributed by atoms with Crippen LogP contribution in [0.2, 0.25) is 0 Å². The first-order valence-electron chi connectivity index (χ1n) is 7.72. The fourth-order valence-corrected chi connectivity index (χ4v) is 4.65. The Labute approximate surface area is 134 Å². The van der Waals surface area contributed by atoms with E-state index in [1.807, 2.05) is 0 Å². The van der Waals surface area contributed by atoms with Crippen LogP contribution in [0.3, 0.4) is 0 Å². The van der Waals surface area contributed by atoms with E-state index in [0.717, 1.165) is 19.3 Å². The van der Waals surface area contributed by atoms with Gasteiger partial charge in [0.1, 0.15) is 12.4 Å². The Morgan fingerprint density at radius 3 is 2.57 bits per heavy atom. The fraction of sp³-hybridized carbons (Fsp3) is 0.600. The molecule has 0 spiro atoms. The number of benzene rings is 1. The molecular formula is C15H20F2N2O3S. The number of alkyl halides is 2. The second kappa shape index (κ2) is 6.70. The van der Waals surface area contributed by atoms with E-state index in [1.54, 1.807) is 0 Å². The lowest BCUT2D eigenvalue weighted by Crippen LogP contribution is -2.39. The zero-order chi connectivity index (χ0) is 16.4. The van der Waals surface area contributed by atoms with Gasteiger partial charge >= 0.3 is 0 Å². The molecule has 1 N–H and O–H groups in total. The molecule has 0 radical (unpaired) electrons. The van der Waals surface area contributed by atoms with Crippen molar-refractivity contribution < 1.29 is 21.9 Å². The average Bonchev–Trinajstić information content (AvgIpc) is 2.84. The Morgan fingerprint density at radius 1 is 1.17 bits per heavy atom. The zero-order valence-corrected chi connectivity index (χ0v) is 13.4. The van der Waals surface area contributed by atoms with Crippen molar-refractivity contribution in [1.82, 2.24) is 9.62 Å². The summed E-state index contributed by atoms with van der Waals surface area (Å²) < 4.78 is 56.1. The first kappa shape index (κ1) is 16.6. The van der Waals surface area contributed by atoms with Crippen LogP contribution in [0.1, 0.15) is 19.3 Å². The van der Waals surface area contributed by atoms with Gasteiger partial charge in [0.25, 0.3) is 6.43 Å². The average molecular weight is 346 g/mol. The molecule has 2 heterocycles. The molecular weight excluding hydrogens is 326 g/mol. The number of halogens is 2. The monoisotopic (exact) mass is 346 g/mol. The molecule has 2 bridgehead atoms. The number of rotatable bonds is 5. The second-order valence-corrected chi connectivity index (χ2v) is 7.90. The van der Waals surface area contributed by atoms with Gasteiger partial charge in [-0.2, -0.15) is 4.31 Å². The Kier molecular flexibility index (Phi) is 4.84. The Hall–Kier alpha value is -1.25. The molecule has 0 amide bonds. The van der Waals surface area contributed by atoms with Crippen molar-refractivity contribution in [3.8, 4) is 5.75 Å². The maximum atomic E-state index is 12.7. The van der Waals surface area contributed by atoms with Crippen LogP contribution < -0.4 is 10.1 Å². The normalized spacial score (nSPS) is 25.5. The molecule has 1 aromatic carbocycles. The van der Waals surface area contributed by atoms with Gasteiger partial charge in [-0.25, -0.2) is 17.2 Å². The van der Waals surface area contributed by atoms with Crippen molar-refractivity contribution in [2.75, 3.05) is 19.7 Å². The van der Waals surface area contributed by atoms with Gasteiger partial charge in [0.05, 0.1) is 4.90 Å². The minimum Gasteiger partial charge on any atom is -0.488 e. The van der Waals surface area contributed by atoms with Crippen molar-refractivity contribution in [1.29, 1.82) is 0 Å². The third-order valence-electron chi connectivity index (χ3n) is 4.32. The van der Waals surface area contributed by atoms with Gasteiger partial charge in [-0.15, -0.1) is 0 Å². The van der Waals surface area contributed by atoms with Gasteiger partial charge < -0.3 is 10.1 Å². The summed E-state index contributed by atoms with van der Waals surface area (Å²) in [4.78, 5) is 0.166. The number of fused-ring (bicyclic) bond motifs is 2. The topological polar surface area (TPSA) is 58.6 Å². The summed E-state index contributed by atoms with van der Waals surface area (Å²) in [6, 6.07) is 6.27. The molecule has 2 atom stereocenters. The Balaban J connectivity index is 1.71. The largest absolute Gasteiger partial charge is 0.488 e. The Morgan fingerprint density at radius 2 is 1.87 bits per heavy atom. The number of sulfonamides is 1. The van der Waals surface area contributed by atoms with E-state index < -0.39 is 23.1 Å². The van der Waals surface area contributed by atoms with Crippen LogP contribution in [0.4, 0.5) is 8.78 Å². The molecule has 8 heteroatoms. The smallest absolute Gasteiger partial charge is 0.272 e. The van der Waals surface area contributed by atoms with E-state index >= 15 is 0 Å². The van der Waals surface area contributed by atoms with E-state index in [2.05, 4.69) is 5.32 Å². The van der Waals surface area contributed by atoms with Crippen molar-refractivity contribution in [2.24, 2.45) is 0 Å². The molecule has 2 aliphatic heterocycles. The van der Waals surface area contributed by atoms with Crippen LogP contribution in [0.15, 0.2) is 29.2 Å². The third-order valence-corrected chi connectivity index (χ3v) is 6.20. The van der Waals surface area contributed by atoms with Gasteiger partial charge in [-0.3, -0.25) is 0 Å². The first-order chi connectivity index (χ1) is 10.9. The number of hydrogen-bond donors (Lipinski definition) is 1. The van der Waals surface area contributed by atoms with E-state index in [9.17, 15) is 17.2 Å². The number of ether oxygens (including phenoxy) is 1. The minimum atomic E-state index is -3.57. The molecule has 0 aliphatic carbocycles. The number of hydrogen-bond acceptors (Lipinski definition) is 4. The lowest BCUT2D eigenvalue weighted by molar-refractivity contribution is 0.0819. The first-order valence-corrected chi connectivity index (χ1v) is 9.16. The van der Waals surface area contributed by atoms with Crippen molar-refractivity contribution >= 4 is 10.0 Å². The fourth-order valence-electron chi connectivity index (χ4n) is 3.15. The molecule has 23 heavy (non-hydrogen) atoms. The lowest BCUT2D eigenvalue weighted by atomic mass is 10.1. The summed E-state index contributed by atoms with van der Waals surface area (Å²) in [5.74, 6) is 0.237. The van der Waals surface area contributed by atoms with Crippen LogP contribution in [0.25, 0.3) is 0 Å². The minimum absolute atomic E-state index is 0.166. The van der Waals surface area contributed by atoms with E-state index in [-0.39, 0.29) is 16.7 Å². The standard InChI is InChI=1S/C15H20F2N2O3S/c16-15(17)10-22-13-3-5-14(6-4-13)23(20,21)19-8-7-11-1-2-12(9-19)18-11/h3-6,11-12,15,18H,1-2,7-10H2. The molecule has 0 saturated carbocycles. The molecule has 2 fully saturated rings. The summed E-state index contributed by atoms with van der Waals surface area (Å²) in [5, 5.41) is 3.45. The molecule has 3 rings (SSSR count). The van der Waals surface area contributed by atoms with Gasteiger partial charge in [-0.1, -0.05) is 0 Å². The molecule has 5 nitrogen and oxygen atoms in total. The summed E-state index contributed by atoms with van der Waals surface area (Å²) >= 11 is 0. The number of nitrogens with zero attached hydrogens (tertiary/aromatic N) is 1. The summed E-state index contributed by atoms with van der Waals surface area (Å²) in [6.45, 7) is 0.273. The second-order valence-electron chi connectivity index (χ2n) is 5.96. The van der Waals surface area contributed by atoms with E-state index in [0.29, 0.717) is 19.1 Å². The number of nitrogens with one attached hydrogen (secondary N) is 1. The van der Waals surface area contributed by atoms with Crippen LogP contribution in [-0.2, 0) is 10.0 Å². The highest BCUT2D eigenvalue weighted by Gasteiger charge is 2.34. The van der Waals surface area contributed by atoms with Crippen molar-refractivity contribution in [2.45, 2.75) is 42.7 Å². The summed E-state index contributed by atoms with van der Waals surface area (Å²) in [6.07, 6.45) is 0.357. The molecule has 1 aromatic rings. The van der Waals surface area contributed by atoms with Gasteiger partial charge in [0, 0.05) is 25.2 Å². The summed E-state index contributed by atoms with van der Waals surface area (Å²) in [7, 11) is -3.57. The van der Waals surface area contributed by atoms with Crippen LogP contribution in [0, 0.1) is 0 Å². The van der Waals surface area contributed by atoms with Gasteiger partial charge in [-0.05, 0) is 43.5 Å². The predicted octanol–water partition coefficient (Wildman–Crippen LogP) is 1.85. The van der Waals surface area contributed by atoms with Crippen LogP contribution in [0.5, 0.6) is 5.75 Å². The maximum absolute atomic E-state index is 12.7. The molecule has 2 aliphatic rings. The molecule has 2 unspecified atom stereocenters. The molecule has 128 valence electrons. The predicted molar refractivity (Wildman–Crippen MR) is 81.3 cm³/mol. The lowest BCUT2D eigenvalue weighted by Gasteiger charge is -2.23. The quantitative estimate of drug-likeness (QED) is 0.884. The highest BCUT2D eigenvalue weighted by molar-refractivity contribution is 7.89. The molecule has 2 saturated heterocycles. The van der Waals surface area contributed by atoms with Crippen LogP contribution >= 0.6 is 0 Å². The third kappa shape index (κ3) is 3.81. The maximum Gasteiger partial charge on any atom is 0.272 e. The highest BCUT2D eigenvalue weighted by Crippen LogP contribution is 2.26. The zero-order valence-electron chi connectivity index (χ0n) is 12.6. The van der Waals surface area contributed by atoms with Crippen LogP contribution in [-0.4, -0.2) is 50.9 Å². The summed E-state index contributed by atoms with van der Waals surface area (Å²) in [5.41, 5.74) is 0. The van der Waals surface area contributed by atoms with Crippen molar-refractivity contribution in [3.63, 3.8) is 0 Å². The van der Waals surface area contributed by atoms with Gasteiger partial charge in [0.15, 0.2) is 0 Å². The highest BCUT2D eigenvalue weighted by atomic mass is 32.2.